The molecule has 0 aromatic carbocycles. The van der Waals surface area contributed by atoms with E-state index in [-0.39, 0.29) is 23.7 Å². The maximum atomic E-state index is 12.0. The van der Waals surface area contributed by atoms with Crippen LogP contribution in [0.15, 0.2) is 18.3 Å². The number of H-pyrrole nitrogens is 1. The average molecular weight is 220 g/mol. The van der Waals surface area contributed by atoms with E-state index in [4.69, 9.17) is 0 Å². The van der Waals surface area contributed by atoms with Gasteiger partial charge in [-0.1, -0.05) is 13.8 Å². The van der Waals surface area contributed by atoms with E-state index < -0.39 is 0 Å². The number of amides is 1. The van der Waals surface area contributed by atoms with Gasteiger partial charge in [-0.15, -0.1) is 0 Å². The van der Waals surface area contributed by atoms with Gasteiger partial charge in [-0.25, -0.2) is 0 Å². The van der Waals surface area contributed by atoms with E-state index in [1.165, 1.54) is 0 Å². The van der Waals surface area contributed by atoms with E-state index in [1.54, 1.807) is 23.2 Å². The Bertz CT molecular complexity index is 407. The molecule has 1 aliphatic rings. The lowest BCUT2D eigenvalue weighted by Gasteiger charge is -2.35. The van der Waals surface area contributed by atoms with Gasteiger partial charge >= 0.3 is 0 Å². The van der Waals surface area contributed by atoms with Gasteiger partial charge in [-0.05, 0) is 18.6 Å². The molecule has 0 spiro atoms. The number of likely N-dealkylation sites (tertiary alicyclic amines) is 1. The Morgan fingerprint density at radius 3 is 2.81 bits per heavy atom. The van der Waals surface area contributed by atoms with Crippen molar-refractivity contribution in [1.29, 1.82) is 0 Å². The molecule has 16 heavy (non-hydrogen) atoms. The maximum absolute atomic E-state index is 12.0. The number of Topliss-reactive ketones (excluding diaryl/α,β-unsaturated/α-hetero) is 1. The van der Waals surface area contributed by atoms with E-state index in [9.17, 15) is 9.59 Å². The fourth-order valence-electron chi connectivity index (χ4n) is 1.83. The van der Waals surface area contributed by atoms with Crippen molar-refractivity contribution in [2.75, 3.05) is 13.1 Å². The minimum Gasteiger partial charge on any atom is -0.357 e. The van der Waals surface area contributed by atoms with Crippen molar-refractivity contribution in [3.63, 3.8) is 0 Å². The lowest BCUT2D eigenvalue weighted by atomic mass is 9.81. The smallest absolute Gasteiger partial charge is 0.270 e. The van der Waals surface area contributed by atoms with Crippen LogP contribution in [0.4, 0.5) is 0 Å². The van der Waals surface area contributed by atoms with Crippen molar-refractivity contribution in [2.24, 2.45) is 5.41 Å². The molecule has 0 saturated carbocycles. The molecule has 0 radical (unpaired) electrons. The van der Waals surface area contributed by atoms with Crippen molar-refractivity contribution in [1.82, 2.24) is 9.88 Å². The van der Waals surface area contributed by atoms with Crippen molar-refractivity contribution in [3.05, 3.63) is 24.0 Å². The highest BCUT2D eigenvalue weighted by molar-refractivity contribution is 5.97. The van der Waals surface area contributed by atoms with Crippen LogP contribution in [0.25, 0.3) is 0 Å². The van der Waals surface area contributed by atoms with Gasteiger partial charge in [-0.2, -0.15) is 0 Å². The Morgan fingerprint density at radius 2 is 2.25 bits per heavy atom. The third kappa shape index (κ3) is 1.87. The molecule has 1 aromatic rings. The van der Waals surface area contributed by atoms with E-state index in [0.29, 0.717) is 12.2 Å². The first-order chi connectivity index (χ1) is 7.50. The Balaban J connectivity index is 2.09. The number of aromatic amines is 1. The highest BCUT2D eigenvalue weighted by Crippen LogP contribution is 2.27. The van der Waals surface area contributed by atoms with Gasteiger partial charge in [0.25, 0.3) is 5.91 Å². The number of hydrogen-bond acceptors (Lipinski definition) is 2. The molecule has 4 heteroatoms. The molecule has 0 unspecified atom stereocenters. The zero-order valence-electron chi connectivity index (χ0n) is 9.62. The van der Waals surface area contributed by atoms with E-state index in [1.807, 2.05) is 13.8 Å². The van der Waals surface area contributed by atoms with Gasteiger partial charge in [-0.3, -0.25) is 9.59 Å². The van der Waals surface area contributed by atoms with Crippen molar-refractivity contribution in [2.45, 2.75) is 20.3 Å². The number of piperidine rings is 1. The lowest BCUT2D eigenvalue weighted by Crippen LogP contribution is -2.47. The van der Waals surface area contributed by atoms with E-state index in [0.717, 1.165) is 6.42 Å². The highest BCUT2D eigenvalue weighted by Gasteiger charge is 2.35. The standard InChI is InChI=1S/C12H16N2O2/c1-12(2)5-7-14(8-10(12)15)11(16)9-4-3-6-13-9/h3-4,6,13H,5,7-8H2,1-2H3. The molecule has 1 aromatic heterocycles. The summed E-state index contributed by atoms with van der Waals surface area (Å²) in [5, 5.41) is 0. The summed E-state index contributed by atoms with van der Waals surface area (Å²) in [6.07, 6.45) is 2.45. The van der Waals surface area contributed by atoms with Gasteiger partial charge in [0.15, 0.2) is 5.78 Å². The SMILES string of the molecule is CC1(C)CCN(C(=O)c2ccc[nH]2)CC1=O. The molecule has 2 heterocycles. The number of aromatic nitrogens is 1. The Hall–Kier alpha value is -1.58. The Labute approximate surface area is 94.6 Å². The summed E-state index contributed by atoms with van der Waals surface area (Å²) in [6, 6.07) is 3.51. The summed E-state index contributed by atoms with van der Waals surface area (Å²) in [4.78, 5) is 28.2. The predicted octanol–water partition coefficient (Wildman–Crippen LogP) is 1.46. The number of hydrogen-bond donors (Lipinski definition) is 1. The molecule has 1 aliphatic heterocycles. The first kappa shape index (κ1) is 10.9. The topological polar surface area (TPSA) is 53.2 Å². The predicted molar refractivity (Wildman–Crippen MR) is 60.1 cm³/mol. The average Bonchev–Trinajstić information content (AvgIpc) is 2.74. The molecule has 1 amide bonds. The number of carbonyl (C=O) groups excluding carboxylic acids is 2. The summed E-state index contributed by atoms with van der Waals surface area (Å²) >= 11 is 0. The number of nitrogens with zero attached hydrogens (tertiary/aromatic N) is 1. The molecule has 1 fully saturated rings. The molecule has 1 N–H and O–H groups in total. The van der Waals surface area contributed by atoms with Gasteiger partial charge < -0.3 is 9.88 Å². The zero-order valence-corrected chi connectivity index (χ0v) is 9.62. The van der Waals surface area contributed by atoms with Gasteiger partial charge in [0.1, 0.15) is 5.69 Å². The quantitative estimate of drug-likeness (QED) is 0.779. The molecule has 0 aliphatic carbocycles. The van der Waals surface area contributed by atoms with Crippen LogP contribution in [0, 0.1) is 5.41 Å². The summed E-state index contributed by atoms with van der Waals surface area (Å²) in [5.41, 5.74) is 0.263. The maximum Gasteiger partial charge on any atom is 0.270 e. The van der Waals surface area contributed by atoms with Crippen LogP contribution in [0.2, 0.25) is 0 Å². The van der Waals surface area contributed by atoms with Gasteiger partial charge in [0.05, 0.1) is 6.54 Å². The third-order valence-corrected chi connectivity index (χ3v) is 3.21. The number of carbonyl (C=O) groups is 2. The molecule has 1 saturated heterocycles. The van der Waals surface area contributed by atoms with Crippen LogP contribution >= 0.6 is 0 Å². The van der Waals surface area contributed by atoms with Crippen LogP contribution in [0.3, 0.4) is 0 Å². The van der Waals surface area contributed by atoms with E-state index in [2.05, 4.69) is 4.98 Å². The minimum absolute atomic E-state index is 0.0890. The molecule has 86 valence electrons. The molecule has 4 nitrogen and oxygen atoms in total. The van der Waals surface area contributed by atoms with Crippen molar-refractivity contribution >= 4 is 11.7 Å². The first-order valence-electron chi connectivity index (χ1n) is 5.47. The number of rotatable bonds is 1. The second kappa shape index (κ2) is 3.77. The minimum atomic E-state index is -0.285. The molecule has 0 bridgehead atoms. The fraction of sp³-hybridized carbons (Fsp3) is 0.500. The van der Waals surface area contributed by atoms with Gasteiger partial charge in [0.2, 0.25) is 0 Å². The van der Waals surface area contributed by atoms with Crippen LogP contribution < -0.4 is 0 Å². The number of ketones is 1. The Morgan fingerprint density at radius 1 is 1.50 bits per heavy atom. The van der Waals surface area contributed by atoms with E-state index >= 15 is 0 Å². The van der Waals surface area contributed by atoms with Crippen molar-refractivity contribution < 1.29 is 9.59 Å². The fourth-order valence-corrected chi connectivity index (χ4v) is 1.83. The third-order valence-electron chi connectivity index (χ3n) is 3.21. The summed E-state index contributed by atoms with van der Waals surface area (Å²) < 4.78 is 0. The Kier molecular flexibility index (Phi) is 2.58. The summed E-state index contributed by atoms with van der Waals surface area (Å²) in [7, 11) is 0. The molecule has 0 atom stereocenters. The van der Waals surface area contributed by atoms with Gasteiger partial charge in [0, 0.05) is 18.2 Å². The molecule has 2 rings (SSSR count). The zero-order chi connectivity index (χ0) is 11.8. The summed E-state index contributed by atoms with van der Waals surface area (Å²) in [6.45, 7) is 4.75. The second-order valence-corrected chi connectivity index (χ2v) is 4.87. The van der Waals surface area contributed by atoms with Crippen LogP contribution in [0.5, 0.6) is 0 Å². The van der Waals surface area contributed by atoms with Crippen molar-refractivity contribution in [3.8, 4) is 0 Å². The second-order valence-electron chi connectivity index (χ2n) is 4.87. The molecular formula is C12H16N2O2. The first-order valence-corrected chi connectivity index (χ1v) is 5.47. The van der Waals surface area contributed by atoms with Crippen LogP contribution in [0.1, 0.15) is 30.8 Å². The van der Waals surface area contributed by atoms with Crippen LogP contribution in [-0.4, -0.2) is 34.7 Å². The number of nitrogens with one attached hydrogen (secondary N) is 1. The highest BCUT2D eigenvalue weighted by atomic mass is 16.2. The molecular weight excluding hydrogens is 204 g/mol. The largest absolute Gasteiger partial charge is 0.357 e. The lowest BCUT2D eigenvalue weighted by molar-refractivity contribution is -0.130. The summed E-state index contributed by atoms with van der Waals surface area (Å²) in [5.74, 6) is 0.0486. The normalized spacial score (nSPS) is 19.9. The van der Waals surface area contributed by atoms with Crippen LogP contribution in [-0.2, 0) is 4.79 Å². The monoisotopic (exact) mass is 220 g/mol.